The van der Waals surface area contributed by atoms with Gasteiger partial charge in [0.15, 0.2) is 17.5 Å². The van der Waals surface area contributed by atoms with E-state index in [1.807, 2.05) is 6.92 Å². The average Bonchev–Trinajstić information content (AvgIpc) is 2.45. The molecule has 0 unspecified atom stereocenters. The van der Waals surface area contributed by atoms with Crippen LogP contribution < -0.4 is 15.8 Å². The maximum atomic E-state index is 13.2. The lowest BCUT2D eigenvalue weighted by molar-refractivity contribution is 0.319. The lowest BCUT2D eigenvalue weighted by Crippen LogP contribution is -2.01. The van der Waals surface area contributed by atoms with Crippen molar-refractivity contribution in [1.29, 1.82) is 0 Å². The predicted octanol–water partition coefficient (Wildman–Crippen LogP) is 4.22. The topological polar surface area (TPSA) is 47.3 Å². The van der Waals surface area contributed by atoms with Crippen molar-refractivity contribution in [1.82, 2.24) is 0 Å². The Bertz CT molecular complexity index is 624. The van der Waals surface area contributed by atoms with E-state index in [0.29, 0.717) is 23.7 Å². The number of nitrogens with two attached hydrogens (primary N) is 1. The molecule has 0 aliphatic heterocycles. The molecule has 0 amide bonds. The van der Waals surface area contributed by atoms with Crippen LogP contribution in [0.5, 0.6) is 5.75 Å². The van der Waals surface area contributed by atoms with Crippen molar-refractivity contribution < 1.29 is 17.9 Å². The summed E-state index contributed by atoms with van der Waals surface area (Å²) < 4.78 is 44.7. The third-order valence-electron chi connectivity index (χ3n) is 2.75. The molecular formula is C15H15F3N2O. The first-order chi connectivity index (χ1) is 10.0. The Balaban J connectivity index is 2.23. The second-order valence-corrected chi connectivity index (χ2v) is 4.48. The van der Waals surface area contributed by atoms with Gasteiger partial charge in [-0.15, -0.1) is 0 Å². The molecule has 112 valence electrons. The monoisotopic (exact) mass is 296 g/mol. The summed E-state index contributed by atoms with van der Waals surface area (Å²) in [5.74, 6) is -3.53. The van der Waals surface area contributed by atoms with Crippen LogP contribution in [0, 0.1) is 17.5 Å². The molecule has 0 radical (unpaired) electrons. The third kappa shape index (κ3) is 3.59. The Hall–Kier alpha value is -2.37. The van der Waals surface area contributed by atoms with Gasteiger partial charge in [-0.05, 0) is 18.6 Å². The Morgan fingerprint density at radius 3 is 2.33 bits per heavy atom. The van der Waals surface area contributed by atoms with E-state index in [2.05, 4.69) is 5.32 Å². The molecule has 21 heavy (non-hydrogen) atoms. The minimum atomic E-state index is -1.50. The zero-order chi connectivity index (χ0) is 15.4. The van der Waals surface area contributed by atoms with E-state index in [9.17, 15) is 13.2 Å². The maximum Gasteiger partial charge on any atom is 0.194 e. The van der Waals surface area contributed by atoms with Crippen LogP contribution in [0.4, 0.5) is 30.2 Å². The van der Waals surface area contributed by atoms with Gasteiger partial charge < -0.3 is 15.8 Å². The van der Waals surface area contributed by atoms with Crippen molar-refractivity contribution in [3.8, 4) is 5.75 Å². The van der Waals surface area contributed by atoms with Gasteiger partial charge in [0, 0.05) is 29.6 Å². The molecule has 3 N–H and O–H groups in total. The molecule has 0 fully saturated rings. The quantitative estimate of drug-likeness (QED) is 0.641. The molecule has 2 rings (SSSR count). The minimum absolute atomic E-state index is 0.0950. The van der Waals surface area contributed by atoms with Crippen molar-refractivity contribution in [2.45, 2.75) is 13.3 Å². The predicted molar refractivity (Wildman–Crippen MR) is 76.2 cm³/mol. The van der Waals surface area contributed by atoms with Gasteiger partial charge in [-0.25, -0.2) is 13.2 Å². The Morgan fingerprint density at radius 1 is 1.05 bits per heavy atom. The average molecular weight is 296 g/mol. The van der Waals surface area contributed by atoms with Gasteiger partial charge in [0.1, 0.15) is 5.75 Å². The molecule has 0 atom stereocenters. The zero-order valence-electron chi connectivity index (χ0n) is 11.4. The number of hydrogen-bond acceptors (Lipinski definition) is 3. The van der Waals surface area contributed by atoms with Crippen LogP contribution in [-0.4, -0.2) is 6.61 Å². The normalized spacial score (nSPS) is 10.5. The maximum absolute atomic E-state index is 13.2. The minimum Gasteiger partial charge on any atom is -0.491 e. The summed E-state index contributed by atoms with van der Waals surface area (Å²) in [5, 5.41) is 2.77. The Kier molecular flexibility index (Phi) is 4.57. The highest BCUT2D eigenvalue weighted by Crippen LogP contribution is 2.28. The van der Waals surface area contributed by atoms with Gasteiger partial charge >= 0.3 is 0 Å². The molecule has 6 heteroatoms. The van der Waals surface area contributed by atoms with E-state index in [4.69, 9.17) is 10.5 Å². The molecule has 0 saturated heterocycles. The first-order valence-corrected chi connectivity index (χ1v) is 6.45. The molecule has 0 aliphatic rings. The highest BCUT2D eigenvalue weighted by Gasteiger charge is 2.11. The van der Waals surface area contributed by atoms with Gasteiger partial charge in [0.25, 0.3) is 0 Å². The van der Waals surface area contributed by atoms with Crippen LogP contribution in [0.25, 0.3) is 0 Å². The van der Waals surface area contributed by atoms with Crippen LogP contribution in [0.2, 0.25) is 0 Å². The molecule has 0 aliphatic carbocycles. The van der Waals surface area contributed by atoms with Crippen molar-refractivity contribution >= 4 is 17.1 Å². The van der Waals surface area contributed by atoms with E-state index in [0.717, 1.165) is 18.6 Å². The smallest absolute Gasteiger partial charge is 0.194 e. The number of nitrogen functional groups attached to an aromatic ring is 1. The number of anilines is 3. The lowest BCUT2D eigenvalue weighted by atomic mass is 10.2. The van der Waals surface area contributed by atoms with Crippen molar-refractivity contribution in [2.24, 2.45) is 0 Å². The van der Waals surface area contributed by atoms with Crippen LogP contribution in [0.15, 0.2) is 30.3 Å². The summed E-state index contributed by atoms with van der Waals surface area (Å²) in [4.78, 5) is 0. The Morgan fingerprint density at radius 2 is 1.71 bits per heavy atom. The number of hydrogen-bond donors (Lipinski definition) is 2. The first kappa shape index (κ1) is 15.0. The van der Waals surface area contributed by atoms with E-state index >= 15 is 0 Å². The first-order valence-electron chi connectivity index (χ1n) is 6.45. The number of rotatable bonds is 5. The summed E-state index contributed by atoms with van der Waals surface area (Å²) in [6.45, 7) is 2.47. The van der Waals surface area contributed by atoms with Crippen LogP contribution >= 0.6 is 0 Å². The van der Waals surface area contributed by atoms with Gasteiger partial charge in [0.05, 0.1) is 12.3 Å². The highest BCUT2D eigenvalue weighted by molar-refractivity contribution is 5.66. The van der Waals surface area contributed by atoms with Crippen LogP contribution in [0.3, 0.4) is 0 Å². The molecule has 3 nitrogen and oxygen atoms in total. The standard InChI is InChI=1S/C15H15F3N2O/c1-2-5-21-14-8-9(3-4-13(14)19)20-10-6-11(16)15(18)12(17)7-10/h3-4,6-8,20H,2,5,19H2,1H3. The number of ether oxygens (including phenoxy) is 1. The molecule has 0 aromatic heterocycles. The van der Waals surface area contributed by atoms with E-state index in [1.165, 1.54) is 0 Å². The molecule has 2 aromatic carbocycles. The molecular weight excluding hydrogens is 281 g/mol. The SMILES string of the molecule is CCCOc1cc(Nc2cc(F)c(F)c(F)c2)ccc1N. The number of benzene rings is 2. The summed E-state index contributed by atoms with van der Waals surface area (Å²) in [5.41, 5.74) is 6.86. The summed E-state index contributed by atoms with van der Waals surface area (Å²) in [6.07, 6.45) is 0.825. The molecule has 0 spiro atoms. The fourth-order valence-electron chi connectivity index (χ4n) is 1.74. The second-order valence-electron chi connectivity index (χ2n) is 4.48. The number of nitrogens with one attached hydrogen (secondary N) is 1. The van der Waals surface area contributed by atoms with Crippen LogP contribution in [-0.2, 0) is 0 Å². The summed E-state index contributed by atoms with van der Waals surface area (Å²) >= 11 is 0. The third-order valence-corrected chi connectivity index (χ3v) is 2.75. The molecule has 2 aromatic rings. The molecule has 0 saturated carbocycles. The van der Waals surface area contributed by atoms with Crippen LogP contribution in [0.1, 0.15) is 13.3 Å². The van der Waals surface area contributed by atoms with E-state index in [-0.39, 0.29) is 5.69 Å². The highest BCUT2D eigenvalue weighted by atomic mass is 19.2. The van der Waals surface area contributed by atoms with Gasteiger partial charge in [-0.1, -0.05) is 6.92 Å². The largest absolute Gasteiger partial charge is 0.491 e. The fraction of sp³-hybridized carbons (Fsp3) is 0.200. The lowest BCUT2D eigenvalue weighted by Gasteiger charge is -2.12. The summed E-state index contributed by atoms with van der Waals surface area (Å²) in [7, 11) is 0. The van der Waals surface area contributed by atoms with Gasteiger partial charge in [0.2, 0.25) is 0 Å². The van der Waals surface area contributed by atoms with Crippen molar-refractivity contribution in [2.75, 3.05) is 17.7 Å². The Labute approximate surface area is 120 Å². The van der Waals surface area contributed by atoms with Crippen molar-refractivity contribution in [3.05, 3.63) is 47.8 Å². The summed E-state index contributed by atoms with van der Waals surface area (Å²) in [6, 6.07) is 6.61. The second kappa shape index (κ2) is 6.39. The molecule has 0 heterocycles. The van der Waals surface area contributed by atoms with E-state index in [1.54, 1.807) is 18.2 Å². The van der Waals surface area contributed by atoms with Gasteiger partial charge in [-0.3, -0.25) is 0 Å². The molecule has 0 bridgehead atoms. The zero-order valence-corrected chi connectivity index (χ0v) is 11.4. The number of halogens is 3. The fourth-order valence-corrected chi connectivity index (χ4v) is 1.74. The van der Waals surface area contributed by atoms with E-state index < -0.39 is 17.5 Å². The van der Waals surface area contributed by atoms with Crippen molar-refractivity contribution in [3.63, 3.8) is 0 Å². The van der Waals surface area contributed by atoms with Gasteiger partial charge in [-0.2, -0.15) is 0 Å².